The monoisotopic (exact) mass is 657 g/mol. The van der Waals surface area contributed by atoms with Crippen molar-refractivity contribution in [3.05, 3.63) is 52.0 Å². The molecule has 0 N–H and O–H groups in total. The zero-order chi connectivity index (χ0) is 31.5. The van der Waals surface area contributed by atoms with Gasteiger partial charge in [0.05, 0.1) is 22.7 Å². The van der Waals surface area contributed by atoms with Gasteiger partial charge in [0.25, 0.3) is 5.92 Å². The third-order valence-electron chi connectivity index (χ3n) is 6.50. The minimum Gasteiger partial charge on any atom is -0.488 e. The minimum absolute atomic E-state index is 0.0534. The molecule has 1 saturated heterocycles. The molecule has 3 aromatic heterocycles. The molecule has 1 aromatic carbocycles. The van der Waals surface area contributed by atoms with Crippen LogP contribution in [-0.4, -0.2) is 61.2 Å². The number of alkyl halides is 2. The van der Waals surface area contributed by atoms with Crippen molar-refractivity contribution in [2.45, 2.75) is 64.8 Å². The molecule has 5 rings (SSSR count). The number of carbonyl (C=O) groups is 1. The van der Waals surface area contributed by atoms with Crippen LogP contribution in [0.5, 0.6) is 5.75 Å². The van der Waals surface area contributed by atoms with Crippen molar-refractivity contribution >= 4 is 46.3 Å². The first-order chi connectivity index (χ1) is 19.9. The maximum absolute atomic E-state index is 15.2. The third-order valence-corrected chi connectivity index (χ3v) is 8.07. The molecule has 15 heteroatoms. The van der Waals surface area contributed by atoms with Crippen LogP contribution in [-0.2, 0) is 15.4 Å². The number of hydrogen-bond acceptors (Lipinski definition) is 8. The standard InChI is InChI=1S/C28H28Cl2F3N5O4S/c1-26(2,3)42-25(39)38-15(13-41-27(38,4)5)12-40-21-9-17(29)16(8-19(21)31)23-35-36-24(43-23)20-11-37-10-14(28(6,32)33)7-18(30)22(37)34-20/h7-11,15H,12-13H2,1-6H3. The van der Waals surface area contributed by atoms with Gasteiger partial charge in [-0.2, -0.15) is 0 Å². The van der Waals surface area contributed by atoms with E-state index in [1.165, 1.54) is 39.9 Å². The highest BCUT2D eigenvalue weighted by Crippen LogP contribution is 2.38. The van der Waals surface area contributed by atoms with Gasteiger partial charge >= 0.3 is 6.09 Å². The molecule has 0 saturated carbocycles. The molecule has 43 heavy (non-hydrogen) atoms. The van der Waals surface area contributed by atoms with Gasteiger partial charge in [0, 0.05) is 36.5 Å². The topological polar surface area (TPSA) is 91.1 Å². The summed E-state index contributed by atoms with van der Waals surface area (Å²) in [6.45, 7) is 9.64. The number of fused-ring (bicyclic) bond motifs is 1. The summed E-state index contributed by atoms with van der Waals surface area (Å²) in [6.07, 6.45) is 2.19. The van der Waals surface area contributed by atoms with Crippen LogP contribution >= 0.6 is 34.5 Å². The van der Waals surface area contributed by atoms with Gasteiger partial charge in [0.1, 0.15) is 28.6 Å². The Morgan fingerprint density at radius 3 is 2.49 bits per heavy atom. The number of aromatic nitrogens is 4. The highest BCUT2D eigenvalue weighted by Gasteiger charge is 2.46. The maximum Gasteiger partial charge on any atom is 0.413 e. The van der Waals surface area contributed by atoms with Crippen LogP contribution < -0.4 is 4.74 Å². The first-order valence-corrected chi connectivity index (χ1v) is 14.7. The Kier molecular flexibility index (Phi) is 8.08. The largest absolute Gasteiger partial charge is 0.488 e. The second kappa shape index (κ2) is 11.1. The minimum atomic E-state index is -3.09. The number of rotatable bonds is 6. The molecule has 9 nitrogen and oxygen atoms in total. The fourth-order valence-corrected chi connectivity index (χ4v) is 5.90. The summed E-state index contributed by atoms with van der Waals surface area (Å²) in [5, 5.41) is 9.11. The summed E-state index contributed by atoms with van der Waals surface area (Å²) < 4.78 is 61.4. The Labute approximate surface area is 259 Å². The summed E-state index contributed by atoms with van der Waals surface area (Å²) in [5.41, 5.74) is -1.04. The van der Waals surface area contributed by atoms with Crippen molar-refractivity contribution in [3.8, 4) is 27.0 Å². The highest BCUT2D eigenvalue weighted by molar-refractivity contribution is 7.18. The second-order valence-electron chi connectivity index (χ2n) is 11.6. The lowest BCUT2D eigenvalue weighted by Crippen LogP contribution is -2.51. The van der Waals surface area contributed by atoms with Crippen molar-refractivity contribution in [1.29, 1.82) is 0 Å². The molecule has 1 aliphatic heterocycles. The summed E-state index contributed by atoms with van der Waals surface area (Å²) in [4.78, 5) is 18.7. The molecule has 1 unspecified atom stereocenters. The van der Waals surface area contributed by atoms with Crippen LogP contribution in [0.2, 0.25) is 10.0 Å². The Balaban J connectivity index is 1.34. The number of benzene rings is 1. The lowest BCUT2D eigenvalue weighted by atomic mass is 10.2. The van der Waals surface area contributed by atoms with Gasteiger partial charge < -0.3 is 18.6 Å². The lowest BCUT2D eigenvalue weighted by molar-refractivity contribution is -0.0637. The van der Waals surface area contributed by atoms with Gasteiger partial charge in [-0.25, -0.2) is 22.9 Å². The van der Waals surface area contributed by atoms with Crippen molar-refractivity contribution in [3.63, 3.8) is 0 Å². The molecule has 1 fully saturated rings. The molecule has 0 spiro atoms. The molecule has 0 aliphatic carbocycles. The number of carbonyl (C=O) groups excluding carboxylic acids is 1. The molecule has 1 amide bonds. The molecule has 1 aliphatic rings. The quantitative estimate of drug-likeness (QED) is 0.209. The van der Waals surface area contributed by atoms with E-state index in [2.05, 4.69) is 15.2 Å². The number of imidazole rings is 1. The van der Waals surface area contributed by atoms with Gasteiger partial charge in [-0.1, -0.05) is 34.5 Å². The molecule has 230 valence electrons. The van der Waals surface area contributed by atoms with E-state index in [0.717, 1.165) is 18.3 Å². The van der Waals surface area contributed by atoms with E-state index in [-0.39, 0.29) is 45.8 Å². The van der Waals surface area contributed by atoms with E-state index in [4.69, 9.17) is 37.4 Å². The first kappa shape index (κ1) is 31.3. The molecule has 0 radical (unpaired) electrons. The number of ether oxygens (including phenoxy) is 3. The van der Waals surface area contributed by atoms with Gasteiger partial charge in [0.2, 0.25) is 0 Å². The molecular formula is C28H28Cl2F3N5O4S. The fourth-order valence-electron chi connectivity index (χ4n) is 4.51. The van der Waals surface area contributed by atoms with Gasteiger partial charge in [-0.15, -0.1) is 10.2 Å². The zero-order valence-corrected chi connectivity index (χ0v) is 26.4. The summed E-state index contributed by atoms with van der Waals surface area (Å²) in [7, 11) is 0. The normalized spacial score (nSPS) is 17.1. The van der Waals surface area contributed by atoms with Crippen LogP contribution in [0.15, 0.2) is 30.6 Å². The summed E-state index contributed by atoms with van der Waals surface area (Å²) >= 11 is 13.8. The van der Waals surface area contributed by atoms with Crippen molar-refractivity contribution in [1.82, 2.24) is 24.5 Å². The number of amides is 1. The molecular weight excluding hydrogens is 630 g/mol. The van der Waals surface area contributed by atoms with Crippen LogP contribution in [0.4, 0.5) is 18.0 Å². The zero-order valence-electron chi connectivity index (χ0n) is 24.0. The van der Waals surface area contributed by atoms with Crippen LogP contribution in [0.1, 0.15) is 47.1 Å². The molecule has 4 aromatic rings. The Morgan fingerprint density at radius 2 is 1.81 bits per heavy atom. The molecule has 1 atom stereocenters. The summed E-state index contributed by atoms with van der Waals surface area (Å²) in [6, 6.07) is 3.13. The van der Waals surface area contributed by atoms with Crippen molar-refractivity contribution in [2.24, 2.45) is 0 Å². The Hall–Kier alpha value is -3.13. The molecule has 4 heterocycles. The van der Waals surface area contributed by atoms with Gasteiger partial charge in [-0.3, -0.25) is 4.90 Å². The average molecular weight is 659 g/mol. The predicted molar refractivity (Wildman–Crippen MR) is 156 cm³/mol. The van der Waals surface area contributed by atoms with Crippen LogP contribution in [0.25, 0.3) is 26.9 Å². The van der Waals surface area contributed by atoms with Crippen LogP contribution in [0.3, 0.4) is 0 Å². The summed E-state index contributed by atoms with van der Waals surface area (Å²) in [5.74, 6) is -3.91. The van der Waals surface area contributed by atoms with Gasteiger partial charge in [0.15, 0.2) is 22.2 Å². The lowest BCUT2D eigenvalue weighted by Gasteiger charge is -2.35. The number of hydrogen-bond donors (Lipinski definition) is 0. The second-order valence-corrected chi connectivity index (χ2v) is 13.4. The maximum atomic E-state index is 15.2. The average Bonchev–Trinajstić information content (AvgIpc) is 3.59. The van der Waals surface area contributed by atoms with Crippen LogP contribution in [0, 0.1) is 5.82 Å². The third kappa shape index (κ3) is 6.54. The predicted octanol–water partition coefficient (Wildman–Crippen LogP) is 7.83. The SMILES string of the molecule is CC(C)(C)OC(=O)N1C(COc2cc(Cl)c(-c3nnc(-c4cn5cc(C(C)(F)F)cc(Cl)c5n4)s3)cc2F)COC1(C)C. The number of pyridine rings is 1. The molecule has 0 bridgehead atoms. The Morgan fingerprint density at radius 1 is 1.12 bits per heavy atom. The van der Waals surface area contributed by atoms with E-state index in [1.54, 1.807) is 34.6 Å². The van der Waals surface area contributed by atoms with E-state index < -0.39 is 35.2 Å². The van der Waals surface area contributed by atoms with E-state index in [1.807, 2.05) is 0 Å². The van der Waals surface area contributed by atoms with E-state index in [0.29, 0.717) is 15.7 Å². The van der Waals surface area contributed by atoms with Gasteiger partial charge in [-0.05, 0) is 46.8 Å². The Bertz CT molecular complexity index is 1700. The smallest absolute Gasteiger partial charge is 0.413 e. The first-order valence-electron chi connectivity index (χ1n) is 13.1. The number of halogens is 5. The van der Waals surface area contributed by atoms with E-state index in [9.17, 15) is 13.6 Å². The van der Waals surface area contributed by atoms with E-state index >= 15 is 4.39 Å². The van der Waals surface area contributed by atoms with Crippen molar-refractivity contribution in [2.75, 3.05) is 13.2 Å². The highest BCUT2D eigenvalue weighted by atomic mass is 35.5. The van der Waals surface area contributed by atoms with Crippen molar-refractivity contribution < 1.29 is 32.2 Å². The number of nitrogens with zero attached hydrogens (tertiary/aromatic N) is 5. The fraction of sp³-hybridized carbons (Fsp3) is 0.429.